The van der Waals surface area contributed by atoms with Crippen molar-refractivity contribution in [2.75, 3.05) is 45.9 Å². The number of morpholine rings is 1. The number of amides is 2. The fourth-order valence-corrected chi connectivity index (χ4v) is 4.41. The van der Waals surface area contributed by atoms with Gasteiger partial charge in [-0.1, -0.05) is 6.92 Å². The number of nitrogens with one attached hydrogen (secondary N) is 1. The molecule has 0 bridgehead atoms. The van der Waals surface area contributed by atoms with Gasteiger partial charge in [0.25, 0.3) is 0 Å². The first-order chi connectivity index (χ1) is 12.2. The fourth-order valence-electron chi connectivity index (χ4n) is 4.41. The highest BCUT2D eigenvalue weighted by molar-refractivity contribution is 5.88. The zero-order valence-electron chi connectivity index (χ0n) is 15.5. The molecule has 0 radical (unpaired) electrons. The van der Waals surface area contributed by atoms with Gasteiger partial charge in [0.05, 0.1) is 13.2 Å². The van der Waals surface area contributed by atoms with Crippen molar-refractivity contribution in [3.8, 4) is 0 Å². The third-order valence-electron chi connectivity index (χ3n) is 6.07. The number of carbonyl (C=O) groups is 2. The monoisotopic (exact) mass is 351 g/mol. The Morgan fingerprint density at radius 1 is 1.12 bits per heavy atom. The third kappa shape index (κ3) is 4.73. The maximum absolute atomic E-state index is 13.0. The largest absolute Gasteiger partial charge is 0.378 e. The SMILES string of the molecule is CC(CC(=O)N1CCCCC1C(=O)N1CCOCC1)C1CCCNC1. The van der Waals surface area contributed by atoms with Gasteiger partial charge in [-0.15, -0.1) is 0 Å². The maximum atomic E-state index is 13.0. The van der Waals surface area contributed by atoms with E-state index in [1.54, 1.807) is 0 Å². The van der Waals surface area contributed by atoms with Crippen molar-refractivity contribution in [2.24, 2.45) is 11.8 Å². The van der Waals surface area contributed by atoms with Gasteiger partial charge in [-0.3, -0.25) is 9.59 Å². The lowest BCUT2D eigenvalue weighted by Gasteiger charge is -2.39. The molecular weight excluding hydrogens is 318 g/mol. The molecule has 3 rings (SSSR count). The van der Waals surface area contributed by atoms with Gasteiger partial charge >= 0.3 is 0 Å². The minimum Gasteiger partial charge on any atom is -0.378 e. The summed E-state index contributed by atoms with van der Waals surface area (Å²) in [5.74, 6) is 1.25. The molecule has 2 amide bonds. The molecule has 0 aromatic carbocycles. The highest BCUT2D eigenvalue weighted by Gasteiger charge is 2.36. The zero-order valence-corrected chi connectivity index (χ0v) is 15.5. The first-order valence-corrected chi connectivity index (χ1v) is 10.0. The highest BCUT2D eigenvalue weighted by Crippen LogP contribution is 2.26. The Hall–Kier alpha value is -1.14. The van der Waals surface area contributed by atoms with Crippen molar-refractivity contribution in [1.29, 1.82) is 0 Å². The van der Waals surface area contributed by atoms with E-state index in [4.69, 9.17) is 4.74 Å². The van der Waals surface area contributed by atoms with Gasteiger partial charge in [-0.2, -0.15) is 0 Å². The Bertz CT molecular complexity index is 459. The van der Waals surface area contributed by atoms with Crippen LogP contribution < -0.4 is 5.32 Å². The average molecular weight is 351 g/mol. The van der Waals surface area contributed by atoms with Crippen LogP contribution in [-0.2, 0) is 14.3 Å². The van der Waals surface area contributed by atoms with Crippen LogP contribution in [0.3, 0.4) is 0 Å². The summed E-state index contributed by atoms with van der Waals surface area (Å²) in [6.07, 6.45) is 5.83. The van der Waals surface area contributed by atoms with Gasteiger partial charge in [-0.05, 0) is 57.0 Å². The second-order valence-electron chi connectivity index (χ2n) is 7.82. The maximum Gasteiger partial charge on any atom is 0.245 e. The van der Waals surface area contributed by atoms with Crippen molar-refractivity contribution < 1.29 is 14.3 Å². The number of hydrogen-bond donors (Lipinski definition) is 1. The smallest absolute Gasteiger partial charge is 0.245 e. The molecule has 142 valence electrons. The Morgan fingerprint density at radius 3 is 2.64 bits per heavy atom. The van der Waals surface area contributed by atoms with E-state index in [-0.39, 0.29) is 17.9 Å². The van der Waals surface area contributed by atoms with E-state index >= 15 is 0 Å². The van der Waals surface area contributed by atoms with Crippen LogP contribution in [0.1, 0.15) is 45.4 Å². The van der Waals surface area contributed by atoms with Crippen LogP contribution in [0.25, 0.3) is 0 Å². The fraction of sp³-hybridized carbons (Fsp3) is 0.895. The molecule has 3 aliphatic heterocycles. The Morgan fingerprint density at radius 2 is 1.92 bits per heavy atom. The van der Waals surface area contributed by atoms with Crippen LogP contribution in [0.15, 0.2) is 0 Å². The van der Waals surface area contributed by atoms with Crippen molar-refractivity contribution in [3.63, 3.8) is 0 Å². The summed E-state index contributed by atoms with van der Waals surface area (Å²) in [5, 5.41) is 3.44. The molecule has 25 heavy (non-hydrogen) atoms. The quantitative estimate of drug-likeness (QED) is 0.828. The van der Waals surface area contributed by atoms with Crippen LogP contribution in [0.2, 0.25) is 0 Å². The van der Waals surface area contributed by atoms with Crippen LogP contribution >= 0.6 is 0 Å². The van der Waals surface area contributed by atoms with E-state index in [0.717, 1.165) is 38.9 Å². The topological polar surface area (TPSA) is 61.9 Å². The first-order valence-electron chi connectivity index (χ1n) is 10.0. The minimum absolute atomic E-state index is 0.128. The van der Waals surface area contributed by atoms with Crippen molar-refractivity contribution in [3.05, 3.63) is 0 Å². The van der Waals surface area contributed by atoms with E-state index in [0.29, 0.717) is 44.6 Å². The number of likely N-dealkylation sites (tertiary alicyclic amines) is 1. The summed E-state index contributed by atoms with van der Waals surface area (Å²) in [6, 6.07) is -0.254. The van der Waals surface area contributed by atoms with E-state index in [1.807, 2.05) is 9.80 Å². The van der Waals surface area contributed by atoms with E-state index in [9.17, 15) is 9.59 Å². The molecule has 0 saturated carbocycles. The summed E-state index contributed by atoms with van der Waals surface area (Å²) < 4.78 is 5.35. The predicted octanol–water partition coefficient (Wildman–Crippen LogP) is 1.25. The lowest BCUT2D eigenvalue weighted by Crippen LogP contribution is -2.55. The van der Waals surface area contributed by atoms with Gasteiger partial charge < -0.3 is 19.9 Å². The summed E-state index contributed by atoms with van der Waals surface area (Å²) in [4.78, 5) is 29.6. The molecule has 1 N–H and O–H groups in total. The van der Waals surface area contributed by atoms with Crippen molar-refractivity contribution in [2.45, 2.75) is 51.5 Å². The number of hydrogen-bond acceptors (Lipinski definition) is 4. The van der Waals surface area contributed by atoms with E-state index in [1.165, 1.54) is 12.8 Å². The number of ether oxygens (including phenoxy) is 1. The summed E-state index contributed by atoms with van der Waals surface area (Å²) in [5.41, 5.74) is 0. The summed E-state index contributed by atoms with van der Waals surface area (Å²) >= 11 is 0. The Balaban J connectivity index is 1.59. The van der Waals surface area contributed by atoms with Gasteiger partial charge in [0.15, 0.2) is 0 Å². The standard InChI is InChI=1S/C19H33N3O3/c1-15(16-5-4-7-20-14-16)13-18(23)22-8-3-2-6-17(22)19(24)21-9-11-25-12-10-21/h15-17,20H,2-14H2,1H3. The lowest BCUT2D eigenvalue weighted by molar-refractivity contribution is -0.150. The number of carbonyl (C=O) groups excluding carboxylic acids is 2. The van der Waals surface area contributed by atoms with Crippen LogP contribution in [-0.4, -0.2) is 73.6 Å². The summed E-state index contributed by atoms with van der Waals surface area (Å²) in [7, 11) is 0. The second-order valence-corrected chi connectivity index (χ2v) is 7.82. The third-order valence-corrected chi connectivity index (χ3v) is 6.07. The molecule has 3 heterocycles. The van der Waals surface area contributed by atoms with Gasteiger partial charge in [-0.25, -0.2) is 0 Å². The van der Waals surface area contributed by atoms with Crippen LogP contribution in [0.5, 0.6) is 0 Å². The molecular formula is C19H33N3O3. The molecule has 6 heteroatoms. The molecule has 6 nitrogen and oxygen atoms in total. The Labute approximate surface area is 151 Å². The molecule has 0 spiro atoms. The van der Waals surface area contributed by atoms with Gasteiger partial charge in [0.2, 0.25) is 11.8 Å². The number of piperidine rings is 2. The molecule has 3 unspecified atom stereocenters. The van der Waals surface area contributed by atoms with Gasteiger partial charge in [0.1, 0.15) is 6.04 Å². The van der Waals surface area contributed by atoms with Crippen molar-refractivity contribution >= 4 is 11.8 Å². The Kier molecular flexibility index (Phi) is 6.70. The molecule has 3 fully saturated rings. The molecule has 0 aromatic heterocycles. The molecule has 3 saturated heterocycles. The average Bonchev–Trinajstić information content (AvgIpc) is 2.68. The second kappa shape index (κ2) is 8.99. The van der Waals surface area contributed by atoms with Gasteiger partial charge in [0, 0.05) is 26.1 Å². The highest BCUT2D eigenvalue weighted by atomic mass is 16.5. The molecule has 0 aliphatic carbocycles. The van der Waals surface area contributed by atoms with E-state index in [2.05, 4.69) is 12.2 Å². The first kappa shape index (κ1) is 18.6. The molecule has 3 atom stereocenters. The summed E-state index contributed by atoms with van der Waals surface area (Å²) in [6.45, 7) is 7.57. The number of nitrogens with zero attached hydrogens (tertiary/aromatic N) is 2. The minimum atomic E-state index is -0.254. The van der Waals surface area contributed by atoms with Crippen LogP contribution in [0.4, 0.5) is 0 Å². The van der Waals surface area contributed by atoms with E-state index < -0.39 is 0 Å². The molecule has 0 aromatic rings. The lowest BCUT2D eigenvalue weighted by atomic mass is 9.85. The zero-order chi connectivity index (χ0) is 17.6. The predicted molar refractivity (Wildman–Crippen MR) is 96.1 cm³/mol. The molecule has 3 aliphatic rings. The van der Waals surface area contributed by atoms with Crippen molar-refractivity contribution in [1.82, 2.24) is 15.1 Å². The van der Waals surface area contributed by atoms with Crippen LogP contribution in [0, 0.1) is 11.8 Å². The normalized spacial score (nSPS) is 29.3. The number of rotatable bonds is 4.